The Labute approximate surface area is 129 Å². The molecule has 0 amide bonds. The van der Waals surface area contributed by atoms with E-state index in [4.69, 9.17) is 21.6 Å². The monoisotopic (exact) mass is 301 g/mol. The Balaban J connectivity index is 2.44. The molecule has 1 aromatic heterocycles. The Hall–Kier alpha value is -2.12. The van der Waals surface area contributed by atoms with E-state index in [1.807, 2.05) is 20.8 Å². The third-order valence-electron chi connectivity index (χ3n) is 2.89. The summed E-state index contributed by atoms with van der Waals surface area (Å²) in [4.78, 5) is 8.76. The highest BCUT2D eigenvalue weighted by Crippen LogP contribution is 2.30. The molecule has 108 valence electrons. The summed E-state index contributed by atoms with van der Waals surface area (Å²) in [7, 11) is 0. The fraction of sp³-hybridized carbons (Fsp3) is 0.312. The lowest BCUT2D eigenvalue weighted by atomic mass is 9.96. The van der Waals surface area contributed by atoms with Crippen LogP contribution in [0, 0.1) is 18.3 Å². The van der Waals surface area contributed by atoms with Crippen LogP contribution in [0.25, 0.3) is 0 Å². The number of nitrogens with zero attached hydrogens (tertiary/aromatic N) is 3. The van der Waals surface area contributed by atoms with Crippen molar-refractivity contribution in [3.8, 4) is 17.7 Å². The molecule has 0 saturated heterocycles. The Morgan fingerprint density at radius 3 is 2.57 bits per heavy atom. The maximum absolute atomic E-state index is 8.93. The molecule has 0 aliphatic heterocycles. The van der Waals surface area contributed by atoms with E-state index in [-0.39, 0.29) is 5.41 Å². The third-order valence-corrected chi connectivity index (χ3v) is 3.26. The number of halogens is 1. The zero-order valence-electron chi connectivity index (χ0n) is 12.4. The molecule has 0 atom stereocenters. The van der Waals surface area contributed by atoms with Gasteiger partial charge in [0.05, 0.1) is 11.6 Å². The second-order valence-electron chi connectivity index (χ2n) is 5.76. The van der Waals surface area contributed by atoms with Gasteiger partial charge in [-0.1, -0.05) is 38.4 Å². The van der Waals surface area contributed by atoms with Gasteiger partial charge in [-0.3, -0.25) is 0 Å². The van der Waals surface area contributed by atoms with E-state index in [2.05, 4.69) is 16.0 Å². The number of aromatic nitrogens is 2. The average molecular weight is 302 g/mol. The van der Waals surface area contributed by atoms with Crippen LogP contribution in [0.3, 0.4) is 0 Å². The minimum absolute atomic E-state index is 0.232. The zero-order chi connectivity index (χ0) is 15.6. The van der Waals surface area contributed by atoms with Gasteiger partial charge >= 0.3 is 0 Å². The summed E-state index contributed by atoms with van der Waals surface area (Å²) < 4.78 is 5.78. The van der Waals surface area contributed by atoms with E-state index in [0.717, 1.165) is 0 Å². The van der Waals surface area contributed by atoms with Gasteiger partial charge in [0, 0.05) is 11.0 Å². The largest absolute Gasteiger partial charge is 0.439 e. The van der Waals surface area contributed by atoms with Crippen LogP contribution in [0.4, 0.5) is 0 Å². The lowest BCUT2D eigenvalue weighted by molar-refractivity contribution is 0.441. The van der Waals surface area contributed by atoms with E-state index >= 15 is 0 Å². The van der Waals surface area contributed by atoms with Crippen molar-refractivity contribution in [2.24, 2.45) is 0 Å². The topological polar surface area (TPSA) is 58.8 Å². The predicted molar refractivity (Wildman–Crippen MR) is 81.7 cm³/mol. The normalized spacial score (nSPS) is 11.0. The molecule has 2 rings (SSSR count). The molecular formula is C16H16ClN3O. The minimum atomic E-state index is -0.232. The second-order valence-corrected chi connectivity index (χ2v) is 6.12. The molecular weight excluding hydrogens is 286 g/mol. The summed E-state index contributed by atoms with van der Waals surface area (Å²) in [5.41, 5.74) is 0.970. The number of ether oxygens (including phenoxy) is 1. The van der Waals surface area contributed by atoms with E-state index in [9.17, 15) is 0 Å². The molecule has 0 fully saturated rings. The third kappa shape index (κ3) is 3.50. The second kappa shape index (κ2) is 5.71. The van der Waals surface area contributed by atoms with E-state index in [0.29, 0.717) is 33.7 Å². The van der Waals surface area contributed by atoms with Crippen molar-refractivity contribution >= 4 is 11.6 Å². The van der Waals surface area contributed by atoms with Crippen molar-refractivity contribution in [3.63, 3.8) is 0 Å². The minimum Gasteiger partial charge on any atom is -0.439 e. The molecule has 1 aromatic carbocycles. The Morgan fingerprint density at radius 1 is 1.24 bits per heavy atom. The Morgan fingerprint density at radius 2 is 1.95 bits per heavy atom. The number of hydrogen-bond donors (Lipinski definition) is 0. The zero-order valence-corrected chi connectivity index (χ0v) is 13.2. The quantitative estimate of drug-likeness (QED) is 0.771. The number of rotatable bonds is 2. The SMILES string of the molecule is Cc1c(Cl)nc(C(C)(C)C)nc1Oc1cccc(C#N)c1. The molecule has 0 N–H and O–H groups in total. The van der Waals surface area contributed by atoms with Gasteiger partial charge in [0.25, 0.3) is 0 Å². The first-order valence-corrected chi connectivity index (χ1v) is 6.91. The van der Waals surface area contributed by atoms with Gasteiger partial charge in [-0.2, -0.15) is 10.2 Å². The highest BCUT2D eigenvalue weighted by molar-refractivity contribution is 6.30. The van der Waals surface area contributed by atoms with Crippen LogP contribution in [-0.2, 0) is 5.41 Å². The molecule has 0 bridgehead atoms. The maximum Gasteiger partial charge on any atom is 0.227 e. The number of nitriles is 1. The van der Waals surface area contributed by atoms with E-state index in [1.165, 1.54) is 0 Å². The molecule has 21 heavy (non-hydrogen) atoms. The van der Waals surface area contributed by atoms with Crippen LogP contribution < -0.4 is 4.74 Å². The van der Waals surface area contributed by atoms with Crippen LogP contribution in [0.5, 0.6) is 11.6 Å². The molecule has 1 heterocycles. The molecule has 0 radical (unpaired) electrons. The molecule has 0 aliphatic carbocycles. The number of benzene rings is 1. The first kappa shape index (κ1) is 15.3. The van der Waals surface area contributed by atoms with Gasteiger partial charge in [0.1, 0.15) is 16.7 Å². The summed E-state index contributed by atoms with van der Waals surface area (Å²) in [6, 6.07) is 8.98. The highest BCUT2D eigenvalue weighted by atomic mass is 35.5. The van der Waals surface area contributed by atoms with Gasteiger partial charge in [0.2, 0.25) is 5.88 Å². The predicted octanol–water partition coefficient (Wildman–Crippen LogP) is 4.40. The fourth-order valence-corrected chi connectivity index (χ4v) is 1.81. The maximum atomic E-state index is 8.93. The average Bonchev–Trinajstić information content (AvgIpc) is 2.42. The molecule has 0 unspecified atom stereocenters. The summed E-state index contributed by atoms with van der Waals surface area (Å²) >= 11 is 6.17. The molecule has 2 aromatic rings. The Kier molecular flexibility index (Phi) is 4.15. The smallest absolute Gasteiger partial charge is 0.227 e. The first-order valence-electron chi connectivity index (χ1n) is 6.54. The lowest BCUT2D eigenvalue weighted by Crippen LogP contribution is -2.17. The van der Waals surface area contributed by atoms with Gasteiger partial charge in [0.15, 0.2) is 0 Å². The Bertz CT molecular complexity index is 714. The molecule has 0 aliphatic rings. The molecule has 5 heteroatoms. The van der Waals surface area contributed by atoms with E-state index in [1.54, 1.807) is 31.2 Å². The molecule has 4 nitrogen and oxygen atoms in total. The van der Waals surface area contributed by atoms with Gasteiger partial charge < -0.3 is 4.74 Å². The van der Waals surface area contributed by atoms with E-state index < -0.39 is 0 Å². The highest BCUT2D eigenvalue weighted by Gasteiger charge is 2.21. The fourth-order valence-electron chi connectivity index (χ4n) is 1.65. The van der Waals surface area contributed by atoms with Crippen LogP contribution in [0.2, 0.25) is 5.15 Å². The van der Waals surface area contributed by atoms with Crippen molar-refractivity contribution in [1.29, 1.82) is 5.26 Å². The first-order chi connectivity index (χ1) is 9.81. The van der Waals surface area contributed by atoms with Crippen molar-refractivity contribution in [2.75, 3.05) is 0 Å². The van der Waals surface area contributed by atoms with Crippen molar-refractivity contribution in [3.05, 3.63) is 46.4 Å². The number of hydrogen-bond acceptors (Lipinski definition) is 4. The van der Waals surface area contributed by atoms with Crippen molar-refractivity contribution in [1.82, 2.24) is 9.97 Å². The van der Waals surface area contributed by atoms with Crippen LogP contribution in [0.15, 0.2) is 24.3 Å². The van der Waals surface area contributed by atoms with Gasteiger partial charge in [-0.25, -0.2) is 4.98 Å². The molecule has 0 saturated carbocycles. The summed E-state index contributed by atoms with van der Waals surface area (Å²) in [6.45, 7) is 7.83. The van der Waals surface area contributed by atoms with Crippen LogP contribution in [-0.4, -0.2) is 9.97 Å². The van der Waals surface area contributed by atoms with Crippen LogP contribution in [0.1, 0.15) is 37.7 Å². The standard InChI is InChI=1S/C16H16ClN3O/c1-10-13(17)19-15(16(2,3)4)20-14(10)21-12-7-5-6-11(8-12)9-18/h5-8H,1-4H3. The molecule has 0 spiro atoms. The summed E-state index contributed by atoms with van der Waals surface area (Å²) in [5, 5.41) is 9.30. The summed E-state index contributed by atoms with van der Waals surface area (Å²) in [5.74, 6) is 1.58. The van der Waals surface area contributed by atoms with Gasteiger partial charge in [-0.15, -0.1) is 0 Å². The van der Waals surface area contributed by atoms with Crippen molar-refractivity contribution < 1.29 is 4.74 Å². The van der Waals surface area contributed by atoms with Crippen molar-refractivity contribution in [2.45, 2.75) is 33.1 Å². The lowest BCUT2D eigenvalue weighted by Gasteiger charge is -2.18. The summed E-state index contributed by atoms with van der Waals surface area (Å²) in [6.07, 6.45) is 0. The van der Waals surface area contributed by atoms with Crippen LogP contribution >= 0.6 is 11.6 Å². The van der Waals surface area contributed by atoms with Gasteiger partial charge in [-0.05, 0) is 25.1 Å².